The van der Waals surface area contributed by atoms with Crippen molar-refractivity contribution < 1.29 is 0 Å². The lowest BCUT2D eigenvalue weighted by Gasteiger charge is -2.21. The van der Waals surface area contributed by atoms with E-state index in [1.54, 1.807) is 11.3 Å². The standard InChI is InChI=1S/C13H24N2S/c1-6-9(2)7-10(3)14-11(4)13-8-16-12(5)15-13/h8-11,14H,6-7H2,1-5H3. The first-order valence-corrected chi connectivity index (χ1v) is 7.09. The molecule has 1 rings (SSSR count). The minimum Gasteiger partial charge on any atom is -0.306 e. The second-order valence-corrected chi connectivity index (χ2v) is 5.89. The molecular formula is C13H24N2S. The van der Waals surface area contributed by atoms with Gasteiger partial charge < -0.3 is 5.32 Å². The van der Waals surface area contributed by atoms with Crippen molar-refractivity contribution in [1.82, 2.24) is 10.3 Å². The average Bonchev–Trinajstić information content (AvgIpc) is 2.64. The van der Waals surface area contributed by atoms with Gasteiger partial charge >= 0.3 is 0 Å². The van der Waals surface area contributed by atoms with Crippen LogP contribution in [0.25, 0.3) is 0 Å². The van der Waals surface area contributed by atoms with Crippen LogP contribution < -0.4 is 5.32 Å². The fourth-order valence-corrected chi connectivity index (χ4v) is 2.64. The van der Waals surface area contributed by atoms with Crippen molar-refractivity contribution in [2.24, 2.45) is 5.92 Å². The first-order valence-electron chi connectivity index (χ1n) is 6.21. The summed E-state index contributed by atoms with van der Waals surface area (Å²) in [6.45, 7) is 11.1. The SMILES string of the molecule is CCC(C)CC(C)NC(C)c1csc(C)n1. The van der Waals surface area contributed by atoms with Gasteiger partial charge in [-0.15, -0.1) is 11.3 Å². The third-order valence-corrected chi connectivity index (χ3v) is 3.86. The van der Waals surface area contributed by atoms with Crippen molar-refractivity contribution in [2.45, 2.75) is 59.5 Å². The Bertz CT molecular complexity index is 309. The highest BCUT2D eigenvalue weighted by Gasteiger charge is 2.13. The average molecular weight is 240 g/mol. The minimum absolute atomic E-state index is 0.365. The van der Waals surface area contributed by atoms with Gasteiger partial charge in [0.15, 0.2) is 0 Å². The predicted octanol–water partition coefficient (Wildman–Crippen LogP) is 3.93. The van der Waals surface area contributed by atoms with E-state index in [1.165, 1.54) is 18.5 Å². The lowest BCUT2D eigenvalue weighted by molar-refractivity contribution is 0.383. The third kappa shape index (κ3) is 4.22. The fourth-order valence-electron chi connectivity index (χ4n) is 1.93. The molecule has 2 nitrogen and oxygen atoms in total. The molecule has 0 radical (unpaired) electrons. The Balaban J connectivity index is 2.42. The Hall–Kier alpha value is -0.410. The van der Waals surface area contributed by atoms with Crippen molar-refractivity contribution in [3.05, 3.63) is 16.1 Å². The molecule has 92 valence electrons. The first-order chi connectivity index (χ1) is 7.52. The van der Waals surface area contributed by atoms with E-state index >= 15 is 0 Å². The van der Waals surface area contributed by atoms with Crippen LogP contribution in [0.4, 0.5) is 0 Å². The van der Waals surface area contributed by atoms with Crippen LogP contribution in [0.3, 0.4) is 0 Å². The van der Waals surface area contributed by atoms with Gasteiger partial charge in [0.2, 0.25) is 0 Å². The lowest BCUT2D eigenvalue weighted by Crippen LogP contribution is -2.30. The summed E-state index contributed by atoms with van der Waals surface area (Å²) in [5.74, 6) is 0.798. The van der Waals surface area contributed by atoms with Crippen molar-refractivity contribution in [1.29, 1.82) is 0 Å². The summed E-state index contributed by atoms with van der Waals surface area (Å²) in [4.78, 5) is 4.52. The highest BCUT2D eigenvalue weighted by Crippen LogP contribution is 2.18. The molecule has 0 bridgehead atoms. The van der Waals surface area contributed by atoms with E-state index in [0.717, 1.165) is 10.9 Å². The molecule has 0 saturated heterocycles. The molecule has 3 atom stereocenters. The third-order valence-electron chi connectivity index (χ3n) is 3.07. The maximum absolute atomic E-state index is 4.52. The number of aryl methyl sites for hydroxylation is 1. The molecule has 0 aliphatic heterocycles. The van der Waals surface area contributed by atoms with Gasteiger partial charge in [-0.3, -0.25) is 0 Å². The summed E-state index contributed by atoms with van der Waals surface area (Å²) in [6, 6.07) is 0.927. The Morgan fingerprint density at radius 1 is 1.38 bits per heavy atom. The van der Waals surface area contributed by atoms with Crippen LogP contribution in [-0.2, 0) is 0 Å². The number of nitrogens with one attached hydrogen (secondary N) is 1. The van der Waals surface area contributed by atoms with Crippen LogP contribution in [0, 0.1) is 12.8 Å². The van der Waals surface area contributed by atoms with Crippen LogP contribution in [0.2, 0.25) is 0 Å². The van der Waals surface area contributed by atoms with Crippen molar-refractivity contribution in [3.63, 3.8) is 0 Å². The van der Waals surface area contributed by atoms with Crippen molar-refractivity contribution >= 4 is 11.3 Å². The summed E-state index contributed by atoms with van der Waals surface area (Å²) in [6.07, 6.45) is 2.50. The molecule has 0 aliphatic carbocycles. The van der Waals surface area contributed by atoms with E-state index in [-0.39, 0.29) is 0 Å². The van der Waals surface area contributed by atoms with Crippen LogP contribution in [0.15, 0.2) is 5.38 Å². The quantitative estimate of drug-likeness (QED) is 0.815. The molecule has 3 heteroatoms. The molecule has 0 spiro atoms. The summed E-state index contributed by atoms with van der Waals surface area (Å²) in [5, 5.41) is 6.93. The second-order valence-electron chi connectivity index (χ2n) is 4.83. The largest absolute Gasteiger partial charge is 0.306 e. The zero-order chi connectivity index (χ0) is 12.1. The van der Waals surface area contributed by atoms with Gasteiger partial charge in [0.25, 0.3) is 0 Å². The van der Waals surface area contributed by atoms with Crippen molar-refractivity contribution in [3.8, 4) is 0 Å². The molecule has 0 saturated carbocycles. The number of aromatic nitrogens is 1. The van der Waals surface area contributed by atoms with E-state index in [2.05, 4.69) is 50.3 Å². The highest BCUT2D eigenvalue weighted by atomic mass is 32.1. The number of hydrogen-bond acceptors (Lipinski definition) is 3. The zero-order valence-electron chi connectivity index (χ0n) is 11.1. The van der Waals surface area contributed by atoms with Crippen LogP contribution in [0.5, 0.6) is 0 Å². The van der Waals surface area contributed by atoms with Crippen molar-refractivity contribution in [2.75, 3.05) is 0 Å². The minimum atomic E-state index is 0.365. The highest BCUT2D eigenvalue weighted by molar-refractivity contribution is 7.09. The Kier molecular flexibility index (Phi) is 5.42. The second kappa shape index (κ2) is 6.36. The van der Waals surface area contributed by atoms with E-state index in [9.17, 15) is 0 Å². The molecule has 0 fully saturated rings. The lowest BCUT2D eigenvalue weighted by atomic mass is 10.00. The van der Waals surface area contributed by atoms with Gasteiger partial charge in [0.05, 0.1) is 10.7 Å². The fraction of sp³-hybridized carbons (Fsp3) is 0.769. The Labute approximate surface area is 103 Å². The van der Waals surface area contributed by atoms with Gasteiger partial charge in [-0.05, 0) is 33.1 Å². The van der Waals surface area contributed by atoms with E-state index in [4.69, 9.17) is 0 Å². The topological polar surface area (TPSA) is 24.9 Å². The molecule has 0 aromatic carbocycles. The molecular weight excluding hydrogens is 216 g/mol. The maximum atomic E-state index is 4.52. The Morgan fingerprint density at radius 2 is 2.06 bits per heavy atom. The summed E-state index contributed by atoms with van der Waals surface area (Å²) in [7, 11) is 0. The van der Waals surface area contributed by atoms with Gasteiger partial charge in [-0.1, -0.05) is 20.3 Å². The van der Waals surface area contributed by atoms with Gasteiger partial charge in [0.1, 0.15) is 0 Å². The van der Waals surface area contributed by atoms with Crippen LogP contribution in [0.1, 0.15) is 57.3 Å². The van der Waals surface area contributed by atoms with E-state index in [1.807, 2.05) is 0 Å². The van der Waals surface area contributed by atoms with Crippen LogP contribution in [-0.4, -0.2) is 11.0 Å². The summed E-state index contributed by atoms with van der Waals surface area (Å²) in [5.41, 5.74) is 1.18. The number of nitrogens with zero attached hydrogens (tertiary/aromatic N) is 1. The number of thiazole rings is 1. The molecule has 1 heterocycles. The Morgan fingerprint density at radius 3 is 2.56 bits per heavy atom. The zero-order valence-corrected chi connectivity index (χ0v) is 11.9. The van der Waals surface area contributed by atoms with Gasteiger partial charge in [-0.25, -0.2) is 4.98 Å². The van der Waals surface area contributed by atoms with Gasteiger partial charge in [0, 0.05) is 17.5 Å². The molecule has 0 aliphatic rings. The van der Waals surface area contributed by atoms with Gasteiger partial charge in [-0.2, -0.15) is 0 Å². The number of hydrogen-bond donors (Lipinski definition) is 1. The van der Waals surface area contributed by atoms with Crippen LogP contribution >= 0.6 is 11.3 Å². The molecule has 1 aromatic heterocycles. The monoisotopic (exact) mass is 240 g/mol. The predicted molar refractivity (Wildman–Crippen MR) is 71.9 cm³/mol. The summed E-state index contributed by atoms with van der Waals surface area (Å²) >= 11 is 1.73. The smallest absolute Gasteiger partial charge is 0.0898 e. The molecule has 0 amide bonds. The summed E-state index contributed by atoms with van der Waals surface area (Å²) < 4.78 is 0. The first kappa shape index (κ1) is 13.7. The normalized spacial score (nSPS) is 17.1. The van der Waals surface area contributed by atoms with E-state index in [0.29, 0.717) is 12.1 Å². The van der Waals surface area contributed by atoms with E-state index < -0.39 is 0 Å². The molecule has 1 aromatic rings. The maximum Gasteiger partial charge on any atom is 0.0898 e. The molecule has 3 unspecified atom stereocenters. The molecule has 16 heavy (non-hydrogen) atoms. The number of rotatable bonds is 6. The molecule has 1 N–H and O–H groups in total.